The summed E-state index contributed by atoms with van der Waals surface area (Å²) in [7, 11) is 0. The molecule has 1 aliphatic rings. The Morgan fingerprint density at radius 3 is 1.49 bits per heavy atom. The van der Waals surface area contributed by atoms with Crippen molar-refractivity contribution in [3.8, 4) is 78.4 Å². The first kappa shape index (κ1) is 40.3. The fraction of sp³-hybridized carbons (Fsp3) is 0.0149. The molecule has 0 bridgehead atoms. The molecule has 11 aromatic carbocycles. The van der Waals surface area contributed by atoms with E-state index >= 15 is 0 Å². The van der Waals surface area contributed by atoms with Crippen LogP contribution in [-0.2, 0) is 5.41 Å². The Kier molecular flexibility index (Phi) is 9.77. The van der Waals surface area contributed by atoms with E-state index in [2.05, 4.69) is 249 Å². The molecule has 0 amide bonds. The molecule has 1 aromatic heterocycles. The van der Waals surface area contributed by atoms with E-state index in [9.17, 15) is 0 Å². The van der Waals surface area contributed by atoms with Crippen molar-refractivity contribution in [2.24, 2.45) is 0 Å². The monoisotopic (exact) mass is 876 g/mol. The number of hydrogen-bond donors (Lipinski definition) is 0. The molecule has 322 valence electrons. The van der Waals surface area contributed by atoms with Gasteiger partial charge in [-0.3, -0.25) is 0 Å². The molecule has 0 atom stereocenters. The number of nitrogens with zero attached hydrogens (tertiary/aromatic N) is 2. The highest BCUT2D eigenvalue weighted by molar-refractivity contribution is 6.05. The maximum atomic E-state index is 5.31. The Morgan fingerprint density at radius 2 is 0.739 bits per heavy atom. The predicted octanol–water partition coefficient (Wildman–Crippen LogP) is 17.1. The van der Waals surface area contributed by atoms with Crippen LogP contribution in [0.4, 0.5) is 0 Å². The quantitative estimate of drug-likeness (QED) is 0.152. The highest BCUT2D eigenvalue weighted by Crippen LogP contribution is 2.58. The Balaban J connectivity index is 0.941. The van der Waals surface area contributed by atoms with Crippen molar-refractivity contribution < 1.29 is 0 Å². The van der Waals surface area contributed by atoms with Gasteiger partial charge >= 0.3 is 0 Å². The summed E-state index contributed by atoms with van der Waals surface area (Å²) >= 11 is 0. The van der Waals surface area contributed by atoms with Gasteiger partial charge in [0.2, 0.25) is 0 Å². The topological polar surface area (TPSA) is 25.8 Å². The molecular weight excluding hydrogens is 833 g/mol. The van der Waals surface area contributed by atoms with Gasteiger partial charge in [0.15, 0.2) is 5.82 Å². The van der Waals surface area contributed by atoms with Gasteiger partial charge in [0, 0.05) is 16.7 Å². The Labute approximate surface area is 402 Å². The van der Waals surface area contributed by atoms with Gasteiger partial charge in [-0.1, -0.05) is 255 Å². The Hall–Kier alpha value is -8.98. The minimum atomic E-state index is -0.511. The van der Waals surface area contributed by atoms with E-state index < -0.39 is 5.41 Å². The van der Waals surface area contributed by atoms with Crippen molar-refractivity contribution in [3.05, 3.63) is 289 Å². The fourth-order valence-corrected chi connectivity index (χ4v) is 11.1. The van der Waals surface area contributed by atoms with Crippen LogP contribution < -0.4 is 0 Å². The van der Waals surface area contributed by atoms with Gasteiger partial charge < -0.3 is 0 Å². The van der Waals surface area contributed by atoms with Crippen LogP contribution in [0.3, 0.4) is 0 Å². The highest BCUT2D eigenvalue weighted by Gasteiger charge is 2.47. The molecule has 0 unspecified atom stereocenters. The van der Waals surface area contributed by atoms with Gasteiger partial charge in [0.05, 0.1) is 16.8 Å². The molecule has 0 saturated carbocycles. The average molecular weight is 877 g/mol. The minimum absolute atomic E-state index is 0.511. The molecule has 0 spiro atoms. The van der Waals surface area contributed by atoms with Crippen LogP contribution in [0.5, 0.6) is 0 Å². The number of aromatic nitrogens is 2. The second kappa shape index (κ2) is 16.7. The first-order valence-corrected chi connectivity index (χ1v) is 23.7. The molecule has 1 aliphatic carbocycles. The molecule has 1 heterocycles. The van der Waals surface area contributed by atoms with E-state index in [-0.39, 0.29) is 0 Å². The zero-order chi connectivity index (χ0) is 45.7. The van der Waals surface area contributed by atoms with E-state index in [0.717, 1.165) is 39.0 Å². The van der Waals surface area contributed by atoms with Crippen LogP contribution >= 0.6 is 0 Å². The molecule has 2 heteroatoms. The average Bonchev–Trinajstić information content (AvgIpc) is 3.74. The van der Waals surface area contributed by atoms with E-state index in [0.29, 0.717) is 5.82 Å². The van der Waals surface area contributed by atoms with Gasteiger partial charge in [-0.25, -0.2) is 9.97 Å². The second-order valence-corrected chi connectivity index (χ2v) is 18.0. The third-order valence-corrected chi connectivity index (χ3v) is 14.2. The van der Waals surface area contributed by atoms with Gasteiger partial charge in [-0.2, -0.15) is 0 Å². The summed E-state index contributed by atoms with van der Waals surface area (Å²) in [6.07, 6.45) is 0. The molecule has 0 radical (unpaired) electrons. The van der Waals surface area contributed by atoms with Crippen molar-refractivity contribution in [1.82, 2.24) is 9.97 Å². The van der Waals surface area contributed by atoms with Gasteiger partial charge in [-0.15, -0.1) is 0 Å². The number of hydrogen-bond acceptors (Lipinski definition) is 2. The van der Waals surface area contributed by atoms with Crippen LogP contribution in [0.15, 0.2) is 267 Å². The highest BCUT2D eigenvalue weighted by atomic mass is 14.9. The molecule has 12 aromatic rings. The smallest absolute Gasteiger partial charge is 0.160 e. The van der Waals surface area contributed by atoms with Crippen molar-refractivity contribution in [2.75, 3.05) is 0 Å². The fourth-order valence-electron chi connectivity index (χ4n) is 11.1. The summed E-state index contributed by atoms with van der Waals surface area (Å²) in [6.45, 7) is 0. The predicted molar refractivity (Wildman–Crippen MR) is 287 cm³/mol. The number of benzene rings is 11. The minimum Gasteiger partial charge on any atom is -0.228 e. The number of rotatable bonds is 8. The Morgan fingerprint density at radius 1 is 0.261 bits per heavy atom. The lowest BCUT2D eigenvalue weighted by atomic mass is 9.66. The van der Waals surface area contributed by atoms with Crippen molar-refractivity contribution in [3.63, 3.8) is 0 Å². The first-order chi connectivity index (χ1) is 34.2. The summed E-state index contributed by atoms with van der Waals surface area (Å²) in [6, 6.07) is 96.8. The lowest BCUT2D eigenvalue weighted by Crippen LogP contribution is -2.29. The summed E-state index contributed by atoms with van der Waals surface area (Å²) in [5, 5.41) is 4.78. The lowest BCUT2D eigenvalue weighted by molar-refractivity contribution is 0.770. The summed E-state index contributed by atoms with van der Waals surface area (Å²) in [5.74, 6) is 0.696. The zero-order valence-corrected chi connectivity index (χ0v) is 37.8. The largest absolute Gasteiger partial charge is 0.228 e. The van der Waals surface area contributed by atoms with E-state index in [4.69, 9.17) is 9.97 Å². The number of fused-ring (bicyclic) bond motifs is 5. The first-order valence-electron chi connectivity index (χ1n) is 23.7. The van der Waals surface area contributed by atoms with Crippen LogP contribution in [0.1, 0.15) is 22.3 Å². The molecule has 0 saturated heterocycles. The molecule has 0 N–H and O–H groups in total. The third kappa shape index (κ3) is 6.72. The van der Waals surface area contributed by atoms with Crippen molar-refractivity contribution in [1.29, 1.82) is 0 Å². The van der Waals surface area contributed by atoms with Gasteiger partial charge in [0.1, 0.15) is 0 Å². The van der Waals surface area contributed by atoms with E-state index in [1.54, 1.807) is 0 Å². The van der Waals surface area contributed by atoms with Crippen molar-refractivity contribution in [2.45, 2.75) is 5.41 Å². The summed E-state index contributed by atoms with van der Waals surface area (Å²) < 4.78 is 0. The molecule has 0 aliphatic heterocycles. The van der Waals surface area contributed by atoms with E-state index in [1.807, 2.05) is 18.2 Å². The maximum absolute atomic E-state index is 5.31. The van der Waals surface area contributed by atoms with Crippen LogP contribution in [0.25, 0.3) is 100.0 Å². The summed E-state index contributed by atoms with van der Waals surface area (Å²) in [5.41, 5.74) is 19.2. The Bertz CT molecular complexity index is 3830. The third-order valence-electron chi connectivity index (χ3n) is 14.2. The molecule has 0 fully saturated rings. The van der Waals surface area contributed by atoms with E-state index in [1.165, 1.54) is 77.4 Å². The van der Waals surface area contributed by atoms with Crippen molar-refractivity contribution >= 4 is 21.5 Å². The standard InChI is InChI=1S/C67H44N2/c1-4-20-48(21-5-1)66-68-63(47-39-37-46(38-40-47)54-33-17-22-45-19-10-11-29-53(45)54)44-64(69-66)60-42-41-55(57-30-12-13-31-58(57)60)49-23-16-24-50(43-49)56-34-18-35-61-59-32-14-15-36-62(59)67(65(56)61,51-25-6-2-7-26-51)52-27-8-3-9-28-52/h1-44H. The van der Waals surface area contributed by atoms with Gasteiger partial charge in [-0.05, 0) is 100 Å². The molecule has 13 rings (SSSR count). The maximum Gasteiger partial charge on any atom is 0.160 e. The lowest BCUT2D eigenvalue weighted by Gasteiger charge is -2.35. The molecule has 69 heavy (non-hydrogen) atoms. The summed E-state index contributed by atoms with van der Waals surface area (Å²) in [4.78, 5) is 10.5. The normalized spacial score (nSPS) is 12.5. The molecule has 2 nitrogen and oxygen atoms in total. The van der Waals surface area contributed by atoms with Gasteiger partial charge in [0.25, 0.3) is 0 Å². The SMILES string of the molecule is c1ccc(-c2nc(-c3ccc(-c4cccc5ccccc45)cc3)cc(-c3ccc(-c4cccc(-c5cccc6c5C(c5ccccc5)(c5ccccc5)c5ccccc5-6)c4)c4ccccc34)n2)cc1. The van der Waals surface area contributed by atoms with Crippen LogP contribution in [0.2, 0.25) is 0 Å². The molecular formula is C67H44N2. The van der Waals surface area contributed by atoms with Crippen LogP contribution in [-0.4, -0.2) is 9.97 Å². The second-order valence-electron chi connectivity index (χ2n) is 18.0. The van der Waals surface area contributed by atoms with Crippen LogP contribution in [0, 0.1) is 0 Å². The zero-order valence-electron chi connectivity index (χ0n) is 37.8.